The molecule has 0 aromatic heterocycles. The van der Waals surface area contributed by atoms with Crippen molar-refractivity contribution in [3.63, 3.8) is 0 Å². The van der Waals surface area contributed by atoms with E-state index in [4.69, 9.17) is 0 Å². The van der Waals surface area contributed by atoms with Crippen LogP contribution in [-0.4, -0.2) is 48.9 Å². The molecule has 5 nitrogen and oxygen atoms in total. The number of nitrogens with zero attached hydrogens (tertiary/aromatic N) is 1. The van der Waals surface area contributed by atoms with Crippen LogP contribution in [0.25, 0.3) is 0 Å². The first-order chi connectivity index (χ1) is 12.6. The van der Waals surface area contributed by atoms with Crippen LogP contribution in [0, 0.1) is 11.8 Å². The molecular formula is C21H38ClN3O2. The maximum Gasteiger partial charge on any atom is 0.225 e. The van der Waals surface area contributed by atoms with E-state index in [1.165, 1.54) is 32.1 Å². The van der Waals surface area contributed by atoms with Crippen molar-refractivity contribution in [1.82, 2.24) is 15.5 Å². The molecule has 3 rings (SSSR count). The van der Waals surface area contributed by atoms with Crippen LogP contribution < -0.4 is 10.6 Å². The molecule has 1 saturated heterocycles. The molecular weight excluding hydrogens is 362 g/mol. The molecule has 27 heavy (non-hydrogen) atoms. The standard InChI is InChI=1S/C21H37N3O2.ClH/c1-24(19-11-13-22-14-12-19)21(26)17-7-9-18(10-8-17)23-20(25)15-16-5-3-2-4-6-16;/h16-19,22H,2-15H2,1H3,(H,23,25);1H. The van der Waals surface area contributed by atoms with E-state index in [9.17, 15) is 9.59 Å². The Morgan fingerprint density at radius 2 is 1.56 bits per heavy atom. The monoisotopic (exact) mass is 399 g/mol. The summed E-state index contributed by atoms with van der Waals surface area (Å²) in [5.74, 6) is 1.31. The molecule has 0 atom stereocenters. The van der Waals surface area contributed by atoms with E-state index in [-0.39, 0.29) is 30.3 Å². The minimum Gasteiger partial charge on any atom is -0.353 e. The highest BCUT2D eigenvalue weighted by Crippen LogP contribution is 2.29. The summed E-state index contributed by atoms with van der Waals surface area (Å²) >= 11 is 0. The van der Waals surface area contributed by atoms with Gasteiger partial charge in [0, 0.05) is 31.5 Å². The van der Waals surface area contributed by atoms with Gasteiger partial charge in [-0.2, -0.15) is 0 Å². The average Bonchev–Trinajstić information content (AvgIpc) is 2.69. The molecule has 1 heterocycles. The first-order valence-corrected chi connectivity index (χ1v) is 10.9. The van der Waals surface area contributed by atoms with Crippen molar-refractivity contribution in [2.24, 2.45) is 11.8 Å². The van der Waals surface area contributed by atoms with Gasteiger partial charge in [0.1, 0.15) is 0 Å². The van der Waals surface area contributed by atoms with Gasteiger partial charge >= 0.3 is 0 Å². The maximum atomic E-state index is 12.8. The number of nitrogens with one attached hydrogen (secondary N) is 2. The summed E-state index contributed by atoms with van der Waals surface area (Å²) in [6.45, 7) is 2.03. The third-order valence-electron chi connectivity index (χ3n) is 6.84. The highest BCUT2D eigenvalue weighted by molar-refractivity contribution is 5.85. The molecule has 3 aliphatic rings. The van der Waals surface area contributed by atoms with Crippen LogP contribution in [0.3, 0.4) is 0 Å². The van der Waals surface area contributed by atoms with Crippen molar-refractivity contribution in [1.29, 1.82) is 0 Å². The summed E-state index contributed by atoms with van der Waals surface area (Å²) in [5, 5.41) is 6.61. The third-order valence-corrected chi connectivity index (χ3v) is 6.84. The predicted molar refractivity (Wildman–Crippen MR) is 111 cm³/mol. The second-order valence-corrected chi connectivity index (χ2v) is 8.75. The van der Waals surface area contributed by atoms with E-state index in [0.717, 1.165) is 51.6 Å². The quantitative estimate of drug-likeness (QED) is 0.745. The number of carbonyl (C=O) groups is 2. The highest BCUT2D eigenvalue weighted by Gasteiger charge is 2.32. The van der Waals surface area contributed by atoms with Gasteiger partial charge in [0.25, 0.3) is 0 Å². The number of carbonyl (C=O) groups excluding carboxylic acids is 2. The Hall–Kier alpha value is -0.810. The summed E-state index contributed by atoms with van der Waals surface area (Å²) in [7, 11) is 1.98. The van der Waals surface area contributed by atoms with E-state index < -0.39 is 0 Å². The van der Waals surface area contributed by atoms with E-state index >= 15 is 0 Å². The zero-order valence-electron chi connectivity index (χ0n) is 16.9. The van der Waals surface area contributed by atoms with Crippen molar-refractivity contribution in [2.45, 2.75) is 89.1 Å². The first kappa shape index (κ1) is 22.5. The van der Waals surface area contributed by atoms with Crippen LogP contribution in [0.5, 0.6) is 0 Å². The first-order valence-electron chi connectivity index (χ1n) is 10.9. The summed E-state index contributed by atoms with van der Waals surface area (Å²) in [6, 6.07) is 0.677. The van der Waals surface area contributed by atoms with Gasteiger partial charge in [-0.15, -0.1) is 12.4 Å². The molecule has 0 aromatic rings. The largest absolute Gasteiger partial charge is 0.353 e. The Morgan fingerprint density at radius 3 is 2.19 bits per heavy atom. The average molecular weight is 400 g/mol. The van der Waals surface area contributed by atoms with Gasteiger partial charge in [-0.25, -0.2) is 0 Å². The smallest absolute Gasteiger partial charge is 0.225 e. The van der Waals surface area contributed by atoms with Crippen molar-refractivity contribution >= 4 is 24.2 Å². The van der Waals surface area contributed by atoms with Gasteiger partial charge < -0.3 is 15.5 Å². The number of hydrogen-bond donors (Lipinski definition) is 2. The molecule has 0 radical (unpaired) electrons. The summed E-state index contributed by atoms with van der Waals surface area (Å²) < 4.78 is 0. The number of halogens is 1. The van der Waals surface area contributed by atoms with Crippen LogP contribution in [0.1, 0.15) is 77.0 Å². The minimum absolute atomic E-state index is 0. The van der Waals surface area contributed by atoms with Crippen LogP contribution in [0.2, 0.25) is 0 Å². The molecule has 2 amide bonds. The van der Waals surface area contributed by atoms with E-state index in [2.05, 4.69) is 10.6 Å². The molecule has 0 unspecified atom stereocenters. The lowest BCUT2D eigenvalue weighted by Crippen LogP contribution is -2.47. The van der Waals surface area contributed by atoms with Gasteiger partial charge in [-0.05, 0) is 70.4 Å². The Labute approximate surface area is 170 Å². The van der Waals surface area contributed by atoms with Crippen LogP contribution >= 0.6 is 12.4 Å². The molecule has 2 saturated carbocycles. The van der Waals surface area contributed by atoms with Gasteiger partial charge in [-0.1, -0.05) is 19.3 Å². The fourth-order valence-electron chi connectivity index (χ4n) is 5.09. The molecule has 156 valence electrons. The lowest BCUT2D eigenvalue weighted by atomic mass is 9.84. The van der Waals surface area contributed by atoms with Crippen molar-refractivity contribution in [2.75, 3.05) is 20.1 Å². The number of rotatable bonds is 5. The van der Waals surface area contributed by atoms with E-state index in [0.29, 0.717) is 24.3 Å². The number of hydrogen-bond acceptors (Lipinski definition) is 3. The molecule has 1 aliphatic heterocycles. The molecule has 2 N–H and O–H groups in total. The Balaban J connectivity index is 0.00000261. The van der Waals surface area contributed by atoms with Gasteiger partial charge in [0.15, 0.2) is 0 Å². The van der Waals surface area contributed by atoms with Crippen LogP contribution in [0.15, 0.2) is 0 Å². The third kappa shape index (κ3) is 6.63. The molecule has 0 spiro atoms. The zero-order chi connectivity index (χ0) is 18.4. The van der Waals surface area contributed by atoms with E-state index in [1.807, 2.05) is 11.9 Å². The molecule has 6 heteroatoms. The van der Waals surface area contributed by atoms with Gasteiger partial charge in [0.2, 0.25) is 11.8 Å². The lowest BCUT2D eigenvalue weighted by Gasteiger charge is -2.36. The predicted octanol–water partition coefficient (Wildman–Crippen LogP) is 3.26. The Morgan fingerprint density at radius 1 is 0.926 bits per heavy atom. The van der Waals surface area contributed by atoms with Crippen LogP contribution in [0.4, 0.5) is 0 Å². The normalized spacial score (nSPS) is 27.4. The molecule has 2 aliphatic carbocycles. The second kappa shape index (κ2) is 11.3. The molecule has 3 fully saturated rings. The second-order valence-electron chi connectivity index (χ2n) is 8.75. The maximum absolute atomic E-state index is 12.8. The fraction of sp³-hybridized carbons (Fsp3) is 0.905. The van der Waals surface area contributed by atoms with Crippen molar-refractivity contribution < 1.29 is 9.59 Å². The number of amides is 2. The Bertz CT molecular complexity index is 468. The summed E-state index contributed by atoms with van der Waals surface area (Å²) in [4.78, 5) is 27.1. The topological polar surface area (TPSA) is 61.4 Å². The molecule has 0 bridgehead atoms. The zero-order valence-corrected chi connectivity index (χ0v) is 17.7. The fourth-order valence-corrected chi connectivity index (χ4v) is 5.09. The van der Waals surface area contributed by atoms with Gasteiger partial charge in [0.05, 0.1) is 0 Å². The molecule has 0 aromatic carbocycles. The van der Waals surface area contributed by atoms with Crippen molar-refractivity contribution in [3.05, 3.63) is 0 Å². The lowest BCUT2D eigenvalue weighted by molar-refractivity contribution is -0.138. The number of piperidine rings is 1. The summed E-state index contributed by atoms with van der Waals surface area (Å²) in [6.07, 6.45) is 12.9. The van der Waals surface area contributed by atoms with Gasteiger partial charge in [-0.3, -0.25) is 9.59 Å². The highest BCUT2D eigenvalue weighted by atomic mass is 35.5. The SMILES string of the molecule is CN(C(=O)C1CCC(NC(=O)CC2CCCCC2)CC1)C1CCNCC1.Cl. The van der Waals surface area contributed by atoms with Crippen LogP contribution in [-0.2, 0) is 9.59 Å². The summed E-state index contributed by atoms with van der Waals surface area (Å²) in [5.41, 5.74) is 0. The Kier molecular flexibility index (Phi) is 9.37. The minimum atomic E-state index is 0. The van der Waals surface area contributed by atoms with E-state index in [1.54, 1.807) is 0 Å². The van der Waals surface area contributed by atoms with Crippen molar-refractivity contribution in [3.8, 4) is 0 Å².